The van der Waals surface area contributed by atoms with Gasteiger partial charge >= 0.3 is 0 Å². The zero-order valence-corrected chi connectivity index (χ0v) is 14.3. The van der Waals surface area contributed by atoms with Crippen LogP contribution in [-0.4, -0.2) is 9.97 Å². The van der Waals surface area contributed by atoms with E-state index < -0.39 is 0 Å². The molecule has 0 spiro atoms. The summed E-state index contributed by atoms with van der Waals surface area (Å²) in [6.07, 6.45) is 1.89. The number of hydrogen-bond acceptors (Lipinski definition) is 2. The van der Waals surface area contributed by atoms with Gasteiger partial charge in [0.2, 0.25) is 0 Å². The van der Waals surface area contributed by atoms with Crippen LogP contribution >= 0.6 is 0 Å². The number of nitrogens with zero attached hydrogens (tertiary/aromatic N) is 2. The quantitative estimate of drug-likeness (QED) is 0.455. The van der Waals surface area contributed by atoms with Crippen molar-refractivity contribution in [1.29, 1.82) is 0 Å². The molecular weight excluding hydrogens is 304 g/mol. The van der Waals surface area contributed by atoms with Crippen molar-refractivity contribution >= 4 is 11.0 Å². The molecule has 3 aromatic carbocycles. The first-order chi connectivity index (χ1) is 12.2. The number of fused-ring (bicyclic) bond motifs is 4. The number of aromatic nitrogens is 2. The van der Waals surface area contributed by atoms with Crippen LogP contribution in [0.5, 0.6) is 0 Å². The van der Waals surface area contributed by atoms with E-state index in [1.807, 2.05) is 30.5 Å². The highest BCUT2D eigenvalue weighted by atomic mass is 14.8. The van der Waals surface area contributed by atoms with Gasteiger partial charge in [0.25, 0.3) is 0 Å². The van der Waals surface area contributed by atoms with E-state index in [0.717, 1.165) is 22.3 Å². The predicted molar refractivity (Wildman–Crippen MR) is 103 cm³/mol. The summed E-state index contributed by atoms with van der Waals surface area (Å²) in [5, 5.41) is 0. The smallest absolute Gasteiger partial charge is 0.0899 e. The molecule has 0 saturated carbocycles. The second-order valence-corrected chi connectivity index (χ2v) is 7.14. The van der Waals surface area contributed by atoms with E-state index >= 15 is 0 Å². The summed E-state index contributed by atoms with van der Waals surface area (Å²) in [7, 11) is 0. The van der Waals surface area contributed by atoms with Crippen molar-refractivity contribution in [2.24, 2.45) is 0 Å². The summed E-state index contributed by atoms with van der Waals surface area (Å²) in [5.74, 6) is 0. The van der Waals surface area contributed by atoms with Gasteiger partial charge in [0.15, 0.2) is 0 Å². The van der Waals surface area contributed by atoms with Crippen LogP contribution in [0.3, 0.4) is 0 Å². The maximum Gasteiger partial charge on any atom is 0.0899 e. The first-order valence-electron chi connectivity index (χ1n) is 8.62. The first kappa shape index (κ1) is 14.4. The van der Waals surface area contributed by atoms with Crippen LogP contribution in [0.2, 0.25) is 0 Å². The van der Waals surface area contributed by atoms with Crippen molar-refractivity contribution in [3.8, 4) is 22.4 Å². The molecule has 0 saturated heterocycles. The highest BCUT2D eigenvalue weighted by Gasteiger charge is 2.36. The Bertz CT molecular complexity index is 1130. The summed E-state index contributed by atoms with van der Waals surface area (Å²) < 4.78 is 0. The van der Waals surface area contributed by atoms with Crippen LogP contribution in [0, 0.1) is 0 Å². The van der Waals surface area contributed by atoms with Crippen molar-refractivity contribution < 1.29 is 0 Å². The molecule has 120 valence electrons. The van der Waals surface area contributed by atoms with Crippen LogP contribution < -0.4 is 0 Å². The number of rotatable bonds is 1. The van der Waals surface area contributed by atoms with E-state index in [4.69, 9.17) is 4.98 Å². The molecule has 1 aliphatic rings. The molecule has 0 bridgehead atoms. The fourth-order valence-electron chi connectivity index (χ4n) is 4.05. The Morgan fingerprint density at radius 1 is 0.680 bits per heavy atom. The van der Waals surface area contributed by atoms with Gasteiger partial charge in [-0.05, 0) is 34.4 Å². The van der Waals surface area contributed by atoms with Gasteiger partial charge in [-0.15, -0.1) is 0 Å². The van der Waals surface area contributed by atoms with Crippen molar-refractivity contribution in [1.82, 2.24) is 9.97 Å². The first-order valence-corrected chi connectivity index (χ1v) is 8.62. The normalized spacial score (nSPS) is 14.3. The SMILES string of the molecule is CC1(C)c2ccccc2-c2c(-c3cnc4ccccc4n3)cccc21. The molecular formula is C23H18N2. The molecule has 0 amide bonds. The Kier molecular flexibility index (Phi) is 2.87. The second kappa shape index (κ2) is 5.00. The summed E-state index contributed by atoms with van der Waals surface area (Å²) in [4.78, 5) is 9.49. The highest BCUT2D eigenvalue weighted by Crippen LogP contribution is 2.51. The Hall–Kier alpha value is -3.00. The van der Waals surface area contributed by atoms with Gasteiger partial charge in [0, 0.05) is 11.0 Å². The second-order valence-electron chi connectivity index (χ2n) is 7.14. The maximum absolute atomic E-state index is 4.88. The Balaban J connectivity index is 1.82. The van der Waals surface area contributed by atoms with Crippen LogP contribution in [-0.2, 0) is 5.41 Å². The van der Waals surface area contributed by atoms with Gasteiger partial charge in [0.05, 0.1) is 22.9 Å². The lowest BCUT2D eigenvalue weighted by Gasteiger charge is -2.21. The topological polar surface area (TPSA) is 25.8 Å². The highest BCUT2D eigenvalue weighted by molar-refractivity contribution is 5.92. The fraction of sp³-hybridized carbons (Fsp3) is 0.130. The Morgan fingerprint density at radius 3 is 2.24 bits per heavy atom. The molecule has 2 nitrogen and oxygen atoms in total. The molecule has 1 aromatic heterocycles. The average molecular weight is 322 g/mol. The summed E-state index contributed by atoms with van der Waals surface area (Å²) in [5.41, 5.74) is 9.32. The number of hydrogen-bond donors (Lipinski definition) is 0. The number of benzene rings is 3. The van der Waals surface area contributed by atoms with Crippen molar-refractivity contribution in [2.45, 2.75) is 19.3 Å². The van der Waals surface area contributed by atoms with Crippen molar-refractivity contribution in [3.05, 3.63) is 84.1 Å². The molecule has 0 radical (unpaired) electrons. The van der Waals surface area contributed by atoms with Crippen LogP contribution in [0.1, 0.15) is 25.0 Å². The summed E-state index contributed by atoms with van der Waals surface area (Å²) in [6, 6.07) is 23.3. The van der Waals surface area contributed by atoms with Crippen LogP contribution in [0.15, 0.2) is 72.9 Å². The standard InChI is InChI=1S/C23H18N2/c1-23(2)17-10-4-3-8-15(17)22-16(9-7-11-18(22)23)21-14-24-19-12-5-6-13-20(19)25-21/h3-14H,1-2H3. The molecule has 4 aromatic rings. The molecule has 2 heteroatoms. The van der Waals surface area contributed by atoms with Gasteiger partial charge in [-0.3, -0.25) is 4.98 Å². The van der Waals surface area contributed by atoms with E-state index in [1.54, 1.807) is 0 Å². The molecule has 1 aliphatic carbocycles. The third-order valence-corrected chi connectivity index (χ3v) is 5.33. The molecule has 1 heterocycles. The minimum atomic E-state index is 0.00616. The van der Waals surface area contributed by atoms with Gasteiger partial charge in [-0.1, -0.05) is 68.4 Å². The third kappa shape index (κ3) is 1.97. The minimum Gasteiger partial charge on any atom is -0.252 e. The lowest BCUT2D eigenvalue weighted by atomic mass is 9.82. The van der Waals surface area contributed by atoms with Gasteiger partial charge in [0.1, 0.15) is 0 Å². The Labute approximate surface area is 147 Å². The Morgan fingerprint density at radius 2 is 1.36 bits per heavy atom. The fourth-order valence-corrected chi connectivity index (χ4v) is 4.05. The zero-order valence-electron chi connectivity index (χ0n) is 14.3. The molecule has 0 atom stereocenters. The predicted octanol–water partition coefficient (Wildman–Crippen LogP) is 5.60. The van der Waals surface area contributed by atoms with E-state index in [0.29, 0.717) is 0 Å². The summed E-state index contributed by atoms with van der Waals surface area (Å²) >= 11 is 0. The van der Waals surface area contributed by atoms with E-state index in [2.05, 4.69) is 61.3 Å². The average Bonchev–Trinajstić information content (AvgIpc) is 2.90. The molecule has 25 heavy (non-hydrogen) atoms. The van der Waals surface area contributed by atoms with Gasteiger partial charge in [-0.25, -0.2) is 4.98 Å². The van der Waals surface area contributed by atoms with E-state index in [1.165, 1.54) is 22.3 Å². The van der Waals surface area contributed by atoms with Crippen LogP contribution in [0.4, 0.5) is 0 Å². The van der Waals surface area contributed by atoms with Crippen LogP contribution in [0.25, 0.3) is 33.4 Å². The van der Waals surface area contributed by atoms with Crippen molar-refractivity contribution in [2.75, 3.05) is 0 Å². The molecule has 0 fully saturated rings. The maximum atomic E-state index is 4.88. The summed E-state index contributed by atoms with van der Waals surface area (Å²) in [6.45, 7) is 4.60. The number of para-hydroxylation sites is 2. The molecule has 0 N–H and O–H groups in total. The third-order valence-electron chi connectivity index (χ3n) is 5.33. The van der Waals surface area contributed by atoms with E-state index in [-0.39, 0.29) is 5.41 Å². The minimum absolute atomic E-state index is 0.00616. The lowest BCUT2D eigenvalue weighted by molar-refractivity contribution is 0.660. The molecule has 5 rings (SSSR count). The molecule has 0 aliphatic heterocycles. The van der Waals surface area contributed by atoms with Crippen molar-refractivity contribution in [3.63, 3.8) is 0 Å². The zero-order chi connectivity index (χ0) is 17.0. The van der Waals surface area contributed by atoms with Gasteiger partial charge in [-0.2, -0.15) is 0 Å². The monoisotopic (exact) mass is 322 g/mol. The van der Waals surface area contributed by atoms with Gasteiger partial charge < -0.3 is 0 Å². The molecule has 0 unspecified atom stereocenters. The van der Waals surface area contributed by atoms with E-state index in [9.17, 15) is 0 Å². The largest absolute Gasteiger partial charge is 0.252 e. The lowest BCUT2D eigenvalue weighted by Crippen LogP contribution is -2.14.